The Labute approximate surface area is 156 Å². The lowest BCUT2D eigenvalue weighted by Crippen LogP contribution is -2.15. The van der Waals surface area contributed by atoms with Crippen molar-refractivity contribution in [1.29, 1.82) is 0 Å². The maximum atomic E-state index is 12.2. The quantitative estimate of drug-likeness (QED) is 0.670. The number of carbonyl (C=O) groups excluding carboxylic acids is 1. The molecule has 3 rings (SSSR count). The molecule has 0 unspecified atom stereocenters. The lowest BCUT2D eigenvalue weighted by Gasteiger charge is -2.09. The van der Waals surface area contributed by atoms with E-state index in [0.717, 1.165) is 33.3 Å². The van der Waals surface area contributed by atoms with E-state index >= 15 is 0 Å². The van der Waals surface area contributed by atoms with Crippen LogP contribution in [0.5, 0.6) is 0 Å². The molecule has 1 heterocycles. The third-order valence-corrected chi connectivity index (χ3v) is 5.34. The minimum Gasteiger partial charge on any atom is -0.423 e. The van der Waals surface area contributed by atoms with Gasteiger partial charge in [-0.3, -0.25) is 4.79 Å². The molecule has 26 heavy (non-hydrogen) atoms. The van der Waals surface area contributed by atoms with Gasteiger partial charge < -0.3 is 9.73 Å². The van der Waals surface area contributed by atoms with E-state index in [0.29, 0.717) is 17.1 Å². The maximum Gasteiger partial charge on any atom is 0.336 e. The average Bonchev–Trinajstić information content (AvgIpc) is 2.58. The standard InChI is InChI=1S/C21H21NO3S/c1-13-6-4-5-7-18(13)22-20(23)12-26-11-16-10-21(24)25-19-9-15(3)14(2)8-17(16)19/h4-10H,11-12H2,1-3H3,(H,22,23). The molecule has 0 atom stereocenters. The van der Waals surface area contributed by atoms with Gasteiger partial charge in [0, 0.05) is 22.9 Å². The van der Waals surface area contributed by atoms with Crippen LogP contribution in [0.2, 0.25) is 0 Å². The lowest BCUT2D eigenvalue weighted by atomic mass is 10.0. The highest BCUT2D eigenvalue weighted by Crippen LogP contribution is 2.24. The smallest absolute Gasteiger partial charge is 0.336 e. The minimum atomic E-state index is -0.360. The first-order valence-corrected chi connectivity index (χ1v) is 9.57. The van der Waals surface area contributed by atoms with E-state index in [1.54, 1.807) is 0 Å². The molecule has 0 aliphatic carbocycles. The number of hydrogen-bond acceptors (Lipinski definition) is 4. The van der Waals surface area contributed by atoms with Gasteiger partial charge in [0.15, 0.2) is 0 Å². The van der Waals surface area contributed by atoms with Crippen molar-refractivity contribution in [3.63, 3.8) is 0 Å². The highest BCUT2D eigenvalue weighted by Gasteiger charge is 2.10. The van der Waals surface area contributed by atoms with E-state index in [1.807, 2.05) is 57.2 Å². The fraction of sp³-hybridized carbons (Fsp3) is 0.238. The largest absolute Gasteiger partial charge is 0.423 e. The van der Waals surface area contributed by atoms with Gasteiger partial charge in [0.05, 0.1) is 5.75 Å². The van der Waals surface area contributed by atoms with Crippen molar-refractivity contribution >= 4 is 34.3 Å². The van der Waals surface area contributed by atoms with Gasteiger partial charge in [0.1, 0.15) is 5.58 Å². The summed E-state index contributed by atoms with van der Waals surface area (Å²) in [4.78, 5) is 24.0. The number of nitrogens with one attached hydrogen (secondary N) is 1. The van der Waals surface area contributed by atoms with Gasteiger partial charge in [0.25, 0.3) is 0 Å². The predicted molar refractivity (Wildman–Crippen MR) is 108 cm³/mol. The Morgan fingerprint density at radius 1 is 1.04 bits per heavy atom. The Kier molecular flexibility index (Phi) is 5.47. The maximum absolute atomic E-state index is 12.2. The van der Waals surface area contributed by atoms with Crippen LogP contribution < -0.4 is 10.9 Å². The average molecular weight is 367 g/mol. The molecule has 5 heteroatoms. The SMILES string of the molecule is Cc1cc2oc(=O)cc(CSCC(=O)Nc3ccccc3C)c2cc1C. The molecule has 4 nitrogen and oxygen atoms in total. The summed E-state index contributed by atoms with van der Waals surface area (Å²) in [6.45, 7) is 5.99. The molecule has 134 valence electrons. The summed E-state index contributed by atoms with van der Waals surface area (Å²) in [5.74, 6) is 0.843. The molecule has 1 N–H and O–H groups in total. The fourth-order valence-electron chi connectivity index (χ4n) is 2.76. The van der Waals surface area contributed by atoms with E-state index in [4.69, 9.17) is 4.42 Å². The second-order valence-corrected chi connectivity index (χ2v) is 7.36. The van der Waals surface area contributed by atoms with Crippen LogP contribution in [0.25, 0.3) is 11.0 Å². The Hall–Kier alpha value is -2.53. The van der Waals surface area contributed by atoms with Gasteiger partial charge >= 0.3 is 5.63 Å². The van der Waals surface area contributed by atoms with Crippen molar-refractivity contribution in [2.45, 2.75) is 26.5 Å². The highest BCUT2D eigenvalue weighted by atomic mass is 32.2. The number of fused-ring (bicyclic) bond motifs is 1. The van der Waals surface area contributed by atoms with E-state index in [2.05, 4.69) is 5.32 Å². The Balaban J connectivity index is 1.70. The number of amides is 1. The van der Waals surface area contributed by atoms with Crippen LogP contribution in [0.4, 0.5) is 5.69 Å². The van der Waals surface area contributed by atoms with Crippen molar-refractivity contribution in [2.75, 3.05) is 11.1 Å². The second-order valence-electron chi connectivity index (χ2n) is 6.38. The van der Waals surface area contributed by atoms with Crippen LogP contribution in [-0.2, 0) is 10.5 Å². The first kappa shape index (κ1) is 18.3. The third-order valence-electron chi connectivity index (χ3n) is 4.35. The summed E-state index contributed by atoms with van der Waals surface area (Å²) in [5.41, 5.74) is 5.23. The molecule has 0 saturated heterocycles. The molecule has 0 aliphatic rings. The number of carbonyl (C=O) groups is 1. The van der Waals surface area contributed by atoms with Gasteiger partial charge in [-0.2, -0.15) is 0 Å². The number of anilines is 1. The number of hydrogen-bond donors (Lipinski definition) is 1. The summed E-state index contributed by atoms with van der Waals surface area (Å²) < 4.78 is 5.31. The topological polar surface area (TPSA) is 59.3 Å². The number of benzene rings is 2. The van der Waals surface area contributed by atoms with E-state index in [1.165, 1.54) is 17.8 Å². The Morgan fingerprint density at radius 3 is 2.54 bits per heavy atom. The molecule has 0 fully saturated rings. The number of para-hydroxylation sites is 1. The Bertz CT molecular complexity index is 1020. The zero-order chi connectivity index (χ0) is 18.7. The van der Waals surface area contributed by atoms with Crippen LogP contribution in [0.3, 0.4) is 0 Å². The fourth-order valence-corrected chi connectivity index (χ4v) is 3.57. The minimum absolute atomic E-state index is 0.0522. The van der Waals surface area contributed by atoms with Crippen LogP contribution in [-0.4, -0.2) is 11.7 Å². The first-order chi connectivity index (χ1) is 12.4. The molecular formula is C21H21NO3S. The zero-order valence-corrected chi connectivity index (χ0v) is 15.9. The molecular weight excluding hydrogens is 346 g/mol. The highest BCUT2D eigenvalue weighted by molar-refractivity contribution is 7.99. The second kappa shape index (κ2) is 7.79. The summed E-state index contributed by atoms with van der Waals surface area (Å²) in [6, 6.07) is 13.1. The molecule has 0 radical (unpaired) electrons. The monoisotopic (exact) mass is 367 g/mol. The van der Waals surface area contributed by atoms with E-state index in [-0.39, 0.29) is 11.5 Å². The summed E-state index contributed by atoms with van der Waals surface area (Å²) in [5, 5.41) is 3.85. The molecule has 0 saturated carbocycles. The lowest BCUT2D eigenvalue weighted by molar-refractivity contribution is -0.113. The van der Waals surface area contributed by atoms with Crippen molar-refractivity contribution in [1.82, 2.24) is 0 Å². The van der Waals surface area contributed by atoms with Gasteiger partial charge in [-0.1, -0.05) is 18.2 Å². The summed E-state index contributed by atoms with van der Waals surface area (Å²) in [6.07, 6.45) is 0. The van der Waals surface area contributed by atoms with Gasteiger partial charge in [-0.05, 0) is 61.2 Å². The number of rotatable bonds is 5. The summed E-state index contributed by atoms with van der Waals surface area (Å²) in [7, 11) is 0. The van der Waals surface area contributed by atoms with Crippen LogP contribution >= 0.6 is 11.8 Å². The van der Waals surface area contributed by atoms with Gasteiger partial charge in [0.2, 0.25) is 5.91 Å². The molecule has 0 aliphatic heterocycles. The molecule has 1 aromatic heterocycles. The molecule has 2 aromatic carbocycles. The predicted octanol–water partition coefficient (Wildman–Crippen LogP) is 4.59. The third kappa shape index (κ3) is 4.17. The molecule has 0 spiro atoms. The zero-order valence-electron chi connectivity index (χ0n) is 15.1. The molecule has 0 bridgehead atoms. The van der Waals surface area contributed by atoms with Crippen LogP contribution in [0.15, 0.2) is 51.7 Å². The summed E-state index contributed by atoms with van der Waals surface area (Å²) >= 11 is 1.48. The van der Waals surface area contributed by atoms with Crippen molar-refractivity contribution < 1.29 is 9.21 Å². The number of thioether (sulfide) groups is 1. The van der Waals surface area contributed by atoms with Crippen LogP contribution in [0, 0.1) is 20.8 Å². The normalized spacial score (nSPS) is 10.9. The Morgan fingerprint density at radius 2 is 1.77 bits per heavy atom. The van der Waals surface area contributed by atoms with Gasteiger partial charge in [-0.25, -0.2) is 4.79 Å². The molecule has 3 aromatic rings. The van der Waals surface area contributed by atoms with Crippen molar-refractivity contribution in [3.05, 3.63) is 75.1 Å². The van der Waals surface area contributed by atoms with Crippen molar-refractivity contribution in [2.24, 2.45) is 0 Å². The first-order valence-electron chi connectivity index (χ1n) is 8.41. The van der Waals surface area contributed by atoms with Gasteiger partial charge in [-0.15, -0.1) is 11.8 Å². The van der Waals surface area contributed by atoms with Crippen LogP contribution in [0.1, 0.15) is 22.3 Å². The van der Waals surface area contributed by atoms with Crippen molar-refractivity contribution in [3.8, 4) is 0 Å². The molecule has 1 amide bonds. The van der Waals surface area contributed by atoms with E-state index < -0.39 is 0 Å². The number of aryl methyl sites for hydroxylation is 3. The van der Waals surface area contributed by atoms with E-state index in [9.17, 15) is 9.59 Å².